The van der Waals surface area contributed by atoms with Gasteiger partial charge in [0, 0.05) is 5.69 Å². The highest BCUT2D eigenvalue weighted by Crippen LogP contribution is 2.35. The largest absolute Gasteiger partial charge is 0.326 e. The van der Waals surface area contributed by atoms with Crippen LogP contribution in [0.4, 0.5) is 10.1 Å². The number of anilines is 1. The van der Waals surface area contributed by atoms with E-state index < -0.39 is 0 Å². The number of carbonyl (C=O) groups is 1. The van der Waals surface area contributed by atoms with Crippen LogP contribution in [0.5, 0.6) is 0 Å². The SMILES string of the molecule is CCCC1(C(=O)Nc2ccc(F)c(Br)c2)CCNCC1. The molecule has 0 unspecified atom stereocenters. The average molecular weight is 343 g/mol. The molecular weight excluding hydrogens is 323 g/mol. The lowest BCUT2D eigenvalue weighted by Crippen LogP contribution is -2.44. The normalized spacial score (nSPS) is 17.8. The van der Waals surface area contributed by atoms with Crippen LogP contribution < -0.4 is 10.6 Å². The van der Waals surface area contributed by atoms with Gasteiger partial charge in [-0.25, -0.2) is 4.39 Å². The van der Waals surface area contributed by atoms with E-state index in [4.69, 9.17) is 0 Å². The van der Waals surface area contributed by atoms with E-state index in [1.807, 2.05) is 0 Å². The Labute approximate surface area is 127 Å². The Morgan fingerprint density at radius 3 is 2.75 bits per heavy atom. The van der Waals surface area contributed by atoms with Crippen LogP contribution in [0.1, 0.15) is 32.6 Å². The Morgan fingerprint density at radius 1 is 1.45 bits per heavy atom. The maximum atomic E-state index is 13.2. The second-order valence-corrected chi connectivity index (χ2v) is 6.22. The topological polar surface area (TPSA) is 41.1 Å². The number of halogens is 2. The van der Waals surface area contributed by atoms with Gasteiger partial charge in [-0.1, -0.05) is 13.3 Å². The molecule has 1 fully saturated rings. The number of hydrogen-bond donors (Lipinski definition) is 2. The van der Waals surface area contributed by atoms with E-state index in [0.29, 0.717) is 10.2 Å². The van der Waals surface area contributed by atoms with E-state index in [-0.39, 0.29) is 17.1 Å². The minimum absolute atomic E-state index is 0.0550. The molecule has 110 valence electrons. The molecule has 1 saturated heterocycles. The molecule has 1 aliphatic rings. The lowest BCUT2D eigenvalue weighted by molar-refractivity contribution is -0.127. The van der Waals surface area contributed by atoms with Crippen LogP contribution in [0.2, 0.25) is 0 Å². The number of hydrogen-bond acceptors (Lipinski definition) is 2. The van der Waals surface area contributed by atoms with Gasteiger partial charge in [0.05, 0.1) is 9.89 Å². The molecule has 0 radical (unpaired) electrons. The average Bonchev–Trinajstić information content (AvgIpc) is 2.44. The van der Waals surface area contributed by atoms with Crippen molar-refractivity contribution in [1.82, 2.24) is 5.32 Å². The first-order chi connectivity index (χ1) is 9.57. The summed E-state index contributed by atoms with van der Waals surface area (Å²) in [5, 5.41) is 6.24. The van der Waals surface area contributed by atoms with Gasteiger partial charge in [-0.2, -0.15) is 0 Å². The first-order valence-corrected chi connectivity index (χ1v) is 7.84. The predicted molar refractivity (Wildman–Crippen MR) is 82.2 cm³/mol. The molecule has 1 aromatic rings. The van der Waals surface area contributed by atoms with E-state index in [2.05, 4.69) is 33.5 Å². The summed E-state index contributed by atoms with van der Waals surface area (Å²) in [5.74, 6) is -0.271. The molecule has 3 nitrogen and oxygen atoms in total. The quantitative estimate of drug-likeness (QED) is 0.875. The predicted octanol–water partition coefficient (Wildman–Crippen LogP) is 3.70. The van der Waals surface area contributed by atoms with Gasteiger partial charge in [0.1, 0.15) is 5.82 Å². The van der Waals surface area contributed by atoms with Crippen LogP contribution in [0.25, 0.3) is 0 Å². The zero-order valence-electron chi connectivity index (χ0n) is 11.6. The number of benzene rings is 1. The molecule has 1 heterocycles. The Hall–Kier alpha value is -0.940. The van der Waals surface area contributed by atoms with Crippen molar-refractivity contribution >= 4 is 27.5 Å². The molecule has 0 bridgehead atoms. The molecule has 0 saturated carbocycles. The van der Waals surface area contributed by atoms with Crippen molar-refractivity contribution in [3.8, 4) is 0 Å². The van der Waals surface area contributed by atoms with Crippen molar-refractivity contribution < 1.29 is 9.18 Å². The fourth-order valence-electron chi connectivity index (χ4n) is 2.81. The standard InChI is InChI=1S/C15H20BrFN2O/c1-2-5-15(6-8-18-9-7-15)14(20)19-11-3-4-13(17)12(16)10-11/h3-4,10,18H,2,5-9H2,1H3,(H,19,20). The fourth-order valence-corrected chi connectivity index (χ4v) is 3.19. The molecule has 1 aliphatic heterocycles. The lowest BCUT2D eigenvalue weighted by atomic mass is 9.74. The first-order valence-electron chi connectivity index (χ1n) is 7.04. The number of carbonyl (C=O) groups excluding carboxylic acids is 1. The third-order valence-electron chi connectivity index (χ3n) is 3.95. The number of rotatable bonds is 4. The number of piperidine rings is 1. The number of nitrogens with one attached hydrogen (secondary N) is 2. The van der Waals surface area contributed by atoms with Crippen LogP contribution in [0.15, 0.2) is 22.7 Å². The molecule has 2 rings (SSSR count). The molecule has 20 heavy (non-hydrogen) atoms. The highest BCUT2D eigenvalue weighted by atomic mass is 79.9. The minimum atomic E-state index is -0.326. The molecule has 5 heteroatoms. The molecule has 2 N–H and O–H groups in total. The van der Waals surface area contributed by atoms with Gasteiger partial charge in [0.2, 0.25) is 5.91 Å². The zero-order chi connectivity index (χ0) is 14.6. The maximum Gasteiger partial charge on any atom is 0.230 e. The Kier molecular flexibility index (Phi) is 5.16. The molecule has 0 aliphatic carbocycles. The summed E-state index contributed by atoms with van der Waals surface area (Å²) in [6.45, 7) is 3.85. The summed E-state index contributed by atoms with van der Waals surface area (Å²) in [7, 11) is 0. The summed E-state index contributed by atoms with van der Waals surface area (Å²) in [4.78, 5) is 12.6. The number of amides is 1. The zero-order valence-corrected chi connectivity index (χ0v) is 13.2. The maximum absolute atomic E-state index is 13.2. The van der Waals surface area contributed by atoms with Crippen LogP contribution in [0, 0.1) is 11.2 Å². The van der Waals surface area contributed by atoms with Gasteiger partial charge < -0.3 is 10.6 Å². The molecule has 1 aromatic carbocycles. The third-order valence-corrected chi connectivity index (χ3v) is 4.56. The van der Waals surface area contributed by atoms with Gasteiger partial charge in [-0.05, 0) is 66.5 Å². The third kappa shape index (κ3) is 3.38. The van der Waals surface area contributed by atoms with Crippen LogP contribution in [-0.4, -0.2) is 19.0 Å². The van der Waals surface area contributed by atoms with Gasteiger partial charge in [-0.15, -0.1) is 0 Å². The van der Waals surface area contributed by atoms with Crippen molar-refractivity contribution in [1.29, 1.82) is 0 Å². The summed E-state index contributed by atoms with van der Waals surface area (Å²) >= 11 is 3.14. The molecule has 0 spiro atoms. The Morgan fingerprint density at radius 2 is 2.15 bits per heavy atom. The second-order valence-electron chi connectivity index (χ2n) is 5.36. The summed E-state index contributed by atoms with van der Waals surface area (Å²) in [6.07, 6.45) is 3.59. The summed E-state index contributed by atoms with van der Waals surface area (Å²) in [5.41, 5.74) is 0.346. The van der Waals surface area contributed by atoms with Gasteiger partial charge >= 0.3 is 0 Å². The highest BCUT2D eigenvalue weighted by Gasteiger charge is 2.38. The van der Waals surface area contributed by atoms with Crippen molar-refractivity contribution in [2.75, 3.05) is 18.4 Å². The van der Waals surface area contributed by atoms with Gasteiger partial charge in [-0.3, -0.25) is 4.79 Å². The Balaban J connectivity index is 2.13. The minimum Gasteiger partial charge on any atom is -0.326 e. The van der Waals surface area contributed by atoms with Crippen LogP contribution in [0.3, 0.4) is 0 Å². The van der Waals surface area contributed by atoms with Crippen molar-refractivity contribution in [2.24, 2.45) is 5.41 Å². The van der Waals surface area contributed by atoms with E-state index in [1.165, 1.54) is 6.07 Å². The van der Waals surface area contributed by atoms with Gasteiger partial charge in [0.15, 0.2) is 0 Å². The molecule has 0 atom stereocenters. The summed E-state index contributed by atoms with van der Waals surface area (Å²) in [6, 6.07) is 4.56. The van der Waals surface area contributed by atoms with Crippen LogP contribution in [-0.2, 0) is 4.79 Å². The first kappa shape index (κ1) is 15.4. The molecule has 0 aromatic heterocycles. The van der Waals surface area contributed by atoms with Crippen molar-refractivity contribution in [2.45, 2.75) is 32.6 Å². The van der Waals surface area contributed by atoms with E-state index in [9.17, 15) is 9.18 Å². The molecular formula is C15H20BrFN2O. The van der Waals surface area contributed by atoms with Crippen LogP contribution >= 0.6 is 15.9 Å². The van der Waals surface area contributed by atoms with E-state index in [1.54, 1.807) is 12.1 Å². The van der Waals surface area contributed by atoms with E-state index >= 15 is 0 Å². The van der Waals surface area contributed by atoms with Gasteiger partial charge in [0.25, 0.3) is 0 Å². The lowest BCUT2D eigenvalue weighted by Gasteiger charge is -2.36. The fraction of sp³-hybridized carbons (Fsp3) is 0.533. The molecule has 1 amide bonds. The highest BCUT2D eigenvalue weighted by molar-refractivity contribution is 9.10. The monoisotopic (exact) mass is 342 g/mol. The second kappa shape index (κ2) is 6.68. The van der Waals surface area contributed by atoms with E-state index in [0.717, 1.165) is 38.8 Å². The smallest absolute Gasteiger partial charge is 0.230 e. The Bertz CT molecular complexity index is 481. The van der Waals surface area contributed by atoms with Crippen molar-refractivity contribution in [3.63, 3.8) is 0 Å². The van der Waals surface area contributed by atoms with Crippen molar-refractivity contribution in [3.05, 3.63) is 28.5 Å². The summed E-state index contributed by atoms with van der Waals surface area (Å²) < 4.78 is 13.6.